The van der Waals surface area contributed by atoms with E-state index in [1.807, 2.05) is 45.9 Å². The molecule has 2 N–H and O–H groups in total. The highest BCUT2D eigenvalue weighted by molar-refractivity contribution is 5.95. The molecule has 4 nitrogen and oxygen atoms in total. The Morgan fingerprint density at radius 1 is 1.23 bits per heavy atom. The van der Waals surface area contributed by atoms with Gasteiger partial charge in [0, 0.05) is 11.1 Å². The van der Waals surface area contributed by atoms with Gasteiger partial charge in [-0.2, -0.15) is 0 Å². The number of hydrogen-bond donors (Lipinski definition) is 2. The van der Waals surface area contributed by atoms with Gasteiger partial charge in [0.1, 0.15) is 17.1 Å². The zero-order chi connectivity index (χ0) is 16.5. The van der Waals surface area contributed by atoms with Crippen LogP contribution in [0.3, 0.4) is 0 Å². The van der Waals surface area contributed by atoms with Gasteiger partial charge in [-0.05, 0) is 52.3 Å². The SMILES string of the molecule is Cc1ccc(C)c(C(=O)NCC(C)(O)c2cc(C)oc2C)c1. The molecule has 1 aromatic heterocycles. The average molecular weight is 301 g/mol. The summed E-state index contributed by atoms with van der Waals surface area (Å²) in [6.45, 7) is 9.29. The number of benzene rings is 1. The fourth-order valence-electron chi connectivity index (χ4n) is 2.59. The molecule has 0 spiro atoms. The zero-order valence-corrected chi connectivity index (χ0v) is 13.8. The predicted molar refractivity (Wildman–Crippen MR) is 86.0 cm³/mol. The molecule has 0 bridgehead atoms. The molecule has 2 rings (SSSR count). The van der Waals surface area contributed by atoms with Crippen molar-refractivity contribution in [1.82, 2.24) is 5.32 Å². The van der Waals surface area contributed by atoms with Crippen LogP contribution in [0.4, 0.5) is 0 Å². The highest BCUT2D eigenvalue weighted by atomic mass is 16.3. The quantitative estimate of drug-likeness (QED) is 0.912. The third-order valence-electron chi connectivity index (χ3n) is 3.85. The third-order valence-corrected chi connectivity index (χ3v) is 3.85. The molecule has 0 aliphatic rings. The van der Waals surface area contributed by atoms with Gasteiger partial charge >= 0.3 is 0 Å². The molecule has 1 aromatic carbocycles. The van der Waals surface area contributed by atoms with Crippen LogP contribution < -0.4 is 5.32 Å². The summed E-state index contributed by atoms with van der Waals surface area (Å²) in [5, 5.41) is 13.4. The van der Waals surface area contributed by atoms with Crippen LogP contribution in [0.15, 0.2) is 28.7 Å². The standard InChI is InChI=1S/C18H23NO3/c1-11-6-7-12(2)15(8-11)17(20)19-10-18(5,21)16-9-13(3)22-14(16)4/h6-9,21H,10H2,1-5H3,(H,19,20). The zero-order valence-electron chi connectivity index (χ0n) is 13.8. The Balaban J connectivity index is 2.13. The van der Waals surface area contributed by atoms with Crippen LogP contribution in [0.5, 0.6) is 0 Å². The number of carbonyl (C=O) groups excluding carboxylic acids is 1. The molecule has 0 saturated heterocycles. The van der Waals surface area contributed by atoms with Gasteiger partial charge in [0.25, 0.3) is 5.91 Å². The van der Waals surface area contributed by atoms with Gasteiger partial charge in [0.05, 0.1) is 6.54 Å². The van der Waals surface area contributed by atoms with Crippen LogP contribution in [-0.4, -0.2) is 17.6 Å². The highest BCUT2D eigenvalue weighted by Crippen LogP contribution is 2.26. The topological polar surface area (TPSA) is 62.5 Å². The second-order valence-corrected chi connectivity index (χ2v) is 6.10. The van der Waals surface area contributed by atoms with E-state index in [4.69, 9.17) is 4.42 Å². The molecule has 22 heavy (non-hydrogen) atoms. The number of aliphatic hydroxyl groups is 1. The molecule has 0 saturated carbocycles. The lowest BCUT2D eigenvalue weighted by Crippen LogP contribution is -2.39. The third kappa shape index (κ3) is 3.39. The first-order valence-electron chi connectivity index (χ1n) is 7.36. The molecule has 1 amide bonds. The van der Waals surface area contributed by atoms with Crippen LogP contribution in [0.2, 0.25) is 0 Å². The van der Waals surface area contributed by atoms with Crippen molar-refractivity contribution in [2.24, 2.45) is 0 Å². The molecule has 0 radical (unpaired) electrons. The van der Waals surface area contributed by atoms with E-state index in [0.717, 1.165) is 16.9 Å². The van der Waals surface area contributed by atoms with E-state index in [2.05, 4.69) is 5.32 Å². The van der Waals surface area contributed by atoms with Crippen molar-refractivity contribution in [3.63, 3.8) is 0 Å². The van der Waals surface area contributed by atoms with Gasteiger partial charge in [0.15, 0.2) is 0 Å². The number of aryl methyl sites for hydroxylation is 4. The Kier molecular flexibility index (Phi) is 4.42. The first kappa shape index (κ1) is 16.3. The monoisotopic (exact) mass is 301 g/mol. The number of rotatable bonds is 4. The molecule has 0 aliphatic heterocycles. The van der Waals surface area contributed by atoms with Gasteiger partial charge in [-0.15, -0.1) is 0 Å². The van der Waals surface area contributed by atoms with Gasteiger partial charge in [0.2, 0.25) is 0 Å². The molecule has 1 heterocycles. The summed E-state index contributed by atoms with van der Waals surface area (Å²) in [5.41, 5.74) is 2.11. The largest absolute Gasteiger partial charge is 0.466 e. The number of amides is 1. The Morgan fingerprint density at radius 2 is 1.91 bits per heavy atom. The smallest absolute Gasteiger partial charge is 0.251 e. The molecule has 1 atom stereocenters. The maximum Gasteiger partial charge on any atom is 0.251 e. The molecule has 2 aromatic rings. The second-order valence-electron chi connectivity index (χ2n) is 6.10. The Labute approximate surface area is 131 Å². The van der Waals surface area contributed by atoms with Crippen molar-refractivity contribution in [1.29, 1.82) is 0 Å². The summed E-state index contributed by atoms with van der Waals surface area (Å²) in [6.07, 6.45) is 0. The maximum atomic E-state index is 12.3. The summed E-state index contributed by atoms with van der Waals surface area (Å²) < 4.78 is 5.45. The fourth-order valence-corrected chi connectivity index (χ4v) is 2.59. The van der Waals surface area contributed by atoms with Crippen LogP contribution >= 0.6 is 0 Å². The summed E-state index contributed by atoms with van der Waals surface area (Å²) >= 11 is 0. The van der Waals surface area contributed by atoms with E-state index in [-0.39, 0.29) is 12.5 Å². The Morgan fingerprint density at radius 3 is 2.50 bits per heavy atom. The predicted octanol–water partition coefficient (Wildman–Crippen LogP) is 3.15. The van der Waals surface area contributed by atoms with Crippen molar-refractivity contribution in [3.05, 3.63) is 58.0 Å². The Hall–Kier alpha value is -2.07. The summed E-state index contributed by atoms with van der Waals surface area (Å²) in [7, 11) is 0. The van der Waals surface area contributed by atoms with E-state index in [0.29, 0.717) is 16.9 Å². The summed E-state index contributed by atoms with van der Waals surface area (Å²) in [6, 6.07) is 7.55. The molecule has 0 aliphatic carbocycles. The molecule has 1 unspecified atom stereocenters. The summed E-state index contributed by atoms with van der Waals surface area (Å²) in [4.78, 5) is 12.3. The molecule has 4 heteroatoms. The first-order chi connectivity index (χ1) is 10.2. The van der Waals surface area contributed by atoms with E-state index in [1.165, 1.54) is 0 Å². The number of furan rings is 1. The van der Waals surface area contributed by atoms with Crippen molar-refractivity contribution in [3.8, 4) is 0 Å². The van der Waals surface area contributed by atoms with Crippen molar-refractivity contribution < 1.29 is 14.3 Å². The minimum atomic E-state index is -1.17. The molecule has 0 fully saturated rings. The van der Waals surface area contributed by atoms with Crippen LogP contribution in [0.1, 0.15) is 45.5 Å². The molecular weight excluding hydrogens is 278 g/mol. The van der Waals surface area contributed by atoms with Gasteiger partial charge in [-0.1, -0.05) is 17.7 Å². The van der Waals surface area contributed by atoms with Gasteiger partial charge < -0.3 is 14.8 Å². The van der Waals surface area contributed by atoms with Crippen molar-refractivity contribution >= 4 is 5.91 Å². The normalized spacial score (nSPS) is 13.7. The highest BCUT2D eigenvalue weighted by Gasteiger charge is 2.28. The van der Waals surface area contributed by atoms with Gasteiger partial charge in [-0.3, -0.25) is 4.79 Å². The van der Waals surface area contributed by atoms with Crippen LogP contribution in [-0.2, 0) is 5.60 Å². The number of carbonyl (C=O) groups is 1. The molecule has 118 valence electrons. The number of nitrogens with one attached hydrogen (secondary N) is 1. The number of hydrogen-bond acceptors (Lipinski definition) is 3. The fraction of sp³-hybridized carbons (Fsp3) is 0.389. The average Bonchev–Trinajstić information content (AvgIpc) is 2.79. The van der Waals surface area contributed by atoms with E-state index < -0.39 is 5.60 Å². The first-order valence-corrected chi connectivity index (χ1v) is 7.36. The van der Waals surface area contributed by atoms with Crippen LogP contribution in [0, 0.1) is 27.7 Å². The lowest BCUT2D eigenvalue weighted by molar-refractivity contribution is 0.0514. The van der Waals surface area contributed by atoms with E-state index in [9.17, 15) is 9.90 Å². The Bertz CT molecular complexity index is 698. The van der Waals surface area contributed by atoms with Crippen LogP contribution in [0.25, 0.3) is 0 Å². The lowest BCUT2D eigenvalue weighted by atomic mass is 9.96. The minimum absolute atomic E-state index is 0.124. The van der Waals surface area contributed by atoms with Gasteiger partial charge in [-0.25, -0.2) is 0 Å². The minimum Gasteiger partial charge on any atom is -0.466 e. The maximum absolute atomic E-state index is 12.3. The van der Waals surface area contributed by atoms with E-state index >= 15 is 0 Å². The van der Waals surface area contributed by atoms with E-state index in [1.54, 1.807) is 13.0 Å². The lowest BCUT2D eigenvalue weighted by Gasteiger charge is -2.23. The van der Waals surface area contributed by atoms with Crippen molar-refractivity contribution in [2.45, 2.75) is 40.2 Å². The second kappa shape index (κ2) is 5.97. The summed E-state index contributed by atoms with van der Waals surface area (Å²) in [5.74, 6) is 1.23. The van der Waals surface area contributed by atoms with Crippen molar-refractivity contribution in [2.75, 3.05) is 6.54 Å². The molecular formula is C18H23NO3.